The molecule has 0 heterocycles. The maximum atomic E-state index is 11.9. The number of amides is 1. The number of rotatable bonds is 10. The van der Waals surface area contributed by atoms with E-state index in [-0.39, 0.29) is 5.91 Å². The standard InChI is InChI=1S/C17H27NO2/c1-3-4-5-6-7-11-14-17(19)18(2)20-15-16-12-9-8-10-13-16/h8-10,12-13H,3-7,11,14-15H2,1-2H3. The summed E-state index contributed by atoms with van der Waals surface area (Å²) in [5.41, 5.74) is 1.08. The zero-order valence-corrected chi connectivity index (χ0v) is 12.8. The molecule has 3 heteroatoms. The van der Waals surface area contributed by atoms with Crippen molar-refractivity contribution in [1.82, 2.24) is 5.06 Å². The Balaban J connectivity index is 2.10. The lowest BCUT2D eigenvalue weighted by molar-refractivity contribution is -0.182. The number of hydrogen-bond acceptors (Lipinski definition) is 2. The molecule has 3 nitrogen and oxygen atoms in total. The molecule has 112 valence electrons. The number of carbonyl (C=O) groups excluding carboxylic acids is 1. The molecule has 0 bridgehead atoms. The molecule has 0 atom stereocenters. The van der Waals surface area contributed by atoms with Gasteiger partial charge in [0.15, 0.2) is 0 Å². The maximum Gasteiger partial charge on any atom is 0.245 e. The lowest BCUT2D eigenvalue weighted by Crippen LogP contribution is -2.26. The summed E-state index contributed by atoms with van der Waals surface area (Å²) >= 11 is 0. The Labute approximate surface area is 122 Å². The van der Waals surface area contributed by atoms with Crippen LogP contribution in [0.15, 0.2) is 30.3 Å². The maximum absolute atomic E-state index is 11.9. The van der Waals surface area contributed by atoms with Crippen molar-refractivity contribution in [2.75, 3.05) is 7.05 Å². The molecule has 1 aromatic rings. The van der Waals surface area contributed by atoms with Gasteiger partial charge in [0.25, 0.3) is 0 Å². The highest BCUT2D eigenvalue weighted by atomic mass is 16.7. The fraction of sp³-hybridized carbons (Fsp3) is 0.588. The smallest absolute Gasteiger partial charge is 0.245 e. The molecule has 0 aliphatic heterocycles. The third-order valence-corrected chi connectivity index (χ3v) is 3.36. The second-order valence-electron chi connectivity index (χ2n) is 5.17. The van der Waals surface area contributed by atoms with Gasteiger partial charge in [-0.15, -0.1) is 0 Å². The van der Waals surface area contributed by atoms with Gasteiger partial charge in [-0.05, 0) is 12.0 Å². The Morgan fingerprint density at radius 1 is 1.05 bits per heavy atom. The first kappa shape index (κ1) is 16.7. The summed E-state index contributed by atoms with van der Waals surface area (Å²) in [6, 6.07) is 9.89. The Kier molecular flexibility index (Phi) is 8.72. The lowest BCUT2D eigenvalue weighted by Gasteiger charge is -2.16. The highest BCUT2D eigenvalue weighted by Gasteiger charge is 2.08. The molecule has 20 heavy (non-hydrogen) atoms. The predicted molar refractivity (Wildman–Crippen MR) is 82.0 cm³/mol. The molecular weight excluding hydrogens is 250 g/mol. The average Bonchev–Trinajstić information content (AvgIpc) is 2.49. The van der Waals surface area contributed by atoms with E-state index in [0.29, 0.717) is 13.0 Å². The summed E-state index contributed by atoms with van der Waals surface area (Å²) in [5.74, 6) is 0.0661. The van der Waals surface area contributed by atoms with E-state index in [9.17, 15) is 4.79 Å². The summed E-state index contributed by atoms with van der Waals surface area (Å²) in [5, 5.41) is 1.37. The molecule has 1 aromatic carbocycles. The van der Waals surface area contributed by atoms with Gasteiger partial charge in [0, 0.05) is 13.5 Å². The van der Waals surface area contributed by atoms with Crippen LogP contribution in [0.25, 0.3) is 0 Å². The Hall–Kier alpha value is -1.35. The van der Waals surface area contributed by atoms with Crippen molar-refractivity contribution in [3.63, 3.8) is 0 Å². The summed E-state index contributed by atoms with van der Waals surface area (Å²) in [7, 11) is 1.70. The first-order valence-electron chi connectivity index (χ1n) is 7.67. The third-order valence-electron chi connectivity index (χ3n) is 3.36. The molecule has 0 aliphatic carbocycles. The number of carbonyl (C=O) groups is 1. The molecule has 0 N–H and O–H groups in total. The number of nitrogens with zero attached hydrogens (tertiary/aromatic N) is 1. The fourth-order valence-electron chi connectivity index (χ4n) is 2.03. The number of unbranched alkanes of at least 4 members (excludes halogenated alkanes) is 5. The normalized spacial score (nSPS) is 10.5. The highest BCUT2D eigenvalue weighted by molar-refractivity contribution is 5.74. The SMILES string of the molecule is CCCCCCCCC(=O)N(C)OCc1ccccc1. The quantitative estimate of drug-likeness (QED) is 0.470. The van der Waals surface area contributed by atoms with E-state index in [4.69, 9.17) is 4.84 Å². The second kappa shape index (κ2) is 10.4. The highest BCUT2D eigenvalue weighted by Crippen LogP contribution is 2.09. The predicted octanol–water partition coefficient (Wildman–Crippen LogP) is 4.33. The first-order valence-corrected chi connectivity index (χ1v) is 7.67. The zero-order valence-electron chi connectivity index (χ0n) is 12.8. The monoisotopic (exact) mass is 277 g/mol. The number of benzene rings is 1. The molecule has 1 rings (SSSR count). The van der Waals surface area contributed by atoms with Crippen molar-refractivity contribution in [3.8, 4) is 0 Å². The molecule has 0 aliphatic rings. The van der Waals surface area contributed by atoms with E-state index in [1.165, 1.54) is 30.7 Å². The minimum atomic E-state index is 0.0661. The molecule has 0 aromatic heterocycles. The van der Waals surface area contributed by atoms with Gasteiger partial charge in [-0.2, -0.15) is 0 Å². The molecule has 0 saturated carbocycles. The van der Waals surface area contributed by atoms with Gasteiger partial charge in [-0.25, -0.2) is 5.06 Å². The van der Waals surface area contributed by atoms with Gasteiger partial charge in [-0.3, -0.25) is 9.63 Å². The van der Waals surface area contributed by atoms with Gasteiger partial charge in [-0.1, -0.05) is 69.4 Å². The largest absolute Gasteiger partial charge is 0.273 e. The topological polar surface area (TPSA) is 29.5 Å². The van der Waals surface area contributed by atoms with Crippen molar-refractivity contribution in [1.29, 1.82) is 0 Å². The molecule has 0 unspecified atom stereocenters. The average molecular weight is 277 g/mol. The summed E-state index contributed by atoms with van der Waals surface area (Å²) in [6.45, 7) is 2.65. The second-order valence-corrected chi connectivity index (χ2v) is 5.17. The Morgan fingerprint density at radius 3 is 2.40 bits per heavy atom. The minimum Gasteiger partial charge on any atom is -0.273 e. The molecule has 0 saturated heterocycles. The molecule has 0 radical (unpaired) electrons. The van der Waals surface area contributed by atoms with Crippen LogP contribution in [0.1, 0.15) is 57.4 Å². The van der Waals surface area contributed by atoms with Crippen molar-refractivity contribution >= 4 is 5.91 Å². The van der Waals surface area contributed by atoms with E-state index >= 15 is 0 Å². The first-order chi connectivity index (χ1) is 9.74. The van der Waals surface area contributed by atoms with Crippen LogP contribution in [0.2, 0.25) is 0 Å². The van der Waals surface area contributed by atoms with Gasteiger partial charge in [0.05, 0.1) is 0 Å². The minimum absolute atomic E-state index is 0.0661. The molecule has 1 amide bonds. The van der Waals surface area contributed by atoms with E-state index in [1.807, 2.05) is 30.3 Å². The fourth-order valence-corrected chi connectivity index (χ4v) is 2.03. The van der Waals surface area contributed by atoms with Crippen LogP contribution < -0.4 is 0 Å². The van der Waals surface area contributed by atoms with Crippen molar-refractivity contribution in [2.45, 2.75) is 58.5 Å². The summed E-state index contributed by atoms with van der Waals surface area (Å²) in [4.78, 5) is 17.3. The van der Waals surface area contributed by atoms with Crippen molar-refractivity contribution < 1.29 is 9.63 Å². The molecule has 0 spiro atoms. The summed E-state index contributed by atoms with van der Waals surface area (Å²) < 4.78 is 0. The Morgan fingerprint density at radius 2 is 1.70 bits per heavy atom. The van der Waals surface area contributed by atoms with Crippen LogP contribution in [0, 0.1) is 0 Å². The number of hydroxylamine groups is 2. The summed E-state index contributed by atoms with van der Waals surface area (Å²) in [6.07, 6.45) is 7.75. The van der Waals surface area contributed by atoms with Crippen LogP contribution >= 0.6 is 0 Å². The lowest BCUT2D eigenvalue weighted by atomic mass is 10.1. The van der Waals surface area contributed by atoms with Gasteiger partial charge in [0.1, 0.15) is 6.61 Å². The van der Waals surface area contributed by atoms with Crippen LogP contribution in [-0.2, 0) is 16.2 Å². The van der Waals surface area contributed by atoms with Gasteiger partial charge >= 0.3 is 0 Å². The van der Waals surface area contributed by atoms with E-state index in [0.717, 1.165) is 18.4 Å². The van der Waals surface area contributed by atoms with Crippen molar-refractivity contribution in [2.24, 2.45) is 0 Å². The Bertz CT molecular complexity index is 365. The van der Waals surface area contributed by atoms with Crippen LogP contribution in [0.4, 0.5) is 0 Å². The van der Waals surface area contributed by atoms with Gasteiger partial charge < -0.3 is 0 Å². The zero-order chi connectivity index (χ0) is 14.6. The molecule has 0 fully saturated rings. The van der Waals surface area contributed by atoms with Crippen LogP contribution in [-0.4, -0.2) is 18.0 Å². The van der Waals surface area contributed by atoms with Crippen LogP contribution in [0.3, 0.4) is 0 Å². The van der Waals surface area contributed by atoms with Crippen LogP contribution in [0.5, 0.6) is 0 Å². The van der Waals surface area contributed by atoms with Crippen molar-refractivity contribution in [3.05, 3.63) is 35.9 Å². The van der Waals surface area contributed by atoms with E-state index in [1.54, 1.807) is 7.05 Å². The van der Waals surface area contributed by atoms with E-state index in [2.05, 4.69) is 6.92 Å². The third kappa shape index (κ3) is 7.29. The number of hydrogen-bond donors (Lipinski definition) is 0. The van der Waals surface area contributed by atoms with E-state index < -0.39 is 0 Å². The molecular formula is C17H27NO2. The van der Waals surface area contributed by atoms with Gasteiger partial charge in [0.2, 0.25) is 5.91 Å².